The van der Waals surface area contributed by atoms with Gasteiger partial charge in [-0.2, -0.15) is 0 Å². The normalized spacial score (nSPS) is 15.3. The van der Waals surface area contributed by atoms with Gasteiger partial charge in [0, 0.05) is 36.2 Å². The second-order valence-electron chi connectivity index (χ2n) is 6.22. The van der Waals surface area contributed by atoms with Crippen LogP contribution < -0.4 is 0 Å². The summed E-state index contributed by atoms with van der Waals surface area (Å²) in [6.45, 7) is 4.51. The van der Waals surface area contributed by atoms with Crippen molar-refractivity contribution in [3.8, 4) is 0 Å². The Kier molecular flexibility index (Phi) is 4.11. The number of nitrogens with zero attached hydrogens (tertiary/aromatic N) is 2. The van der Waals surface area contributed by atoms with Crippen LogP contribution in [0.3, 0.4) is 0 Å². The van der Waals surface area contributed by atoms with Crippen molar-refractivity contribution in [3.63, 3.8) is 0 Å². The first kappa shape index (κ1) is 13.7. The van der Waals surface area contributed by atoms with Crippen LogP contribution in [0.4, 0.5) is 0 Å². The molecule has 0 saturated heterocycles. The average Bonchev–Trinajstić information content (AvgIpc) is 3.25. The van der Waals surface area contributed by atoms with Gasteiger partial charge in [-0.15, -0.1) is 0 Å². The minimum absolute atomic E-state index is 0.831. The highest BCUT2D eigenvalue weighted by atomic mass is 15.2. The molecule has 2 nitrogen and oxygen atoms in total. The second kappa shape index (κ2) is 6.01. The van der Waals surface area contributed by atoms with E-state index in [0.717, 1.165) is 19.1 Å². The van der Waals surface area contributed by atoms with Crippen molar-refractivity contribution in [1.29, 1.82) is 0 Å². The smallest absolute Gasteiger partial charge is 0.0483 e. The molecule has 3 rings (SSSR count). The third-order valence-corrected chi connectivity index (χ3v) is 4.46. The monoisotopic (exact) mass is 270 g/mol. The number of fused-ring (bicyclic) bond motifs is 1. The molecule has 108 valence electrons. The number of hydrogen-bond acceptors (Lipinski definition) is 1. The van der Waals surface area contributed by atoms with Gasteiger partial charge in [0.1, 0.15) is 0 Å². The molecule has 1 heterocycles. The Morgan fingerprint density at radius 1 is 1.20 bits per heavy atom. The third kappa shape index (κ3) is 2.90. The van der Waals surface area contributed by atoms with Crippen LogP contribution in [0.2, 0.25) is 0 Å². The van der Waals surface area contributed by atoms with Gasteiger partial charge in [0.2, 0.25) is 0 Å². The molecule has 0 N–H and O–H groups in total. The lowest BCUT2D eigenvalue weighted by atomic mass is 10.1. The van der Waals surface area contributed by atoms with Crippen molar-refractivity contribution >= 4 is 10.9 Å². The lowest BCUT2D eigenvalue weighted by molar-refractivity contribution is 0.317. The molecular weight excluding hydrogens is 244 g/mol. The molecule has 1 aromatic carbocycles. The summed E-state index contributed by atoms with van der Waals surface area (Å²) in [6, 6.07) is 9.70. The van der Waals surface area contributed by atoms with Crippen LogP contribution in [0, 0.1) is 0 Å². The number of benzene rings is 1. The molecule has 0 amide bonds. The molecule has 1 saturated carbocycles. The first-order valence-electron chi connectivity index (χ1n) is 8.06. The van der Waals surface area contributed by atoms with Crippen LogP contribution in [0.5, 0.6) is 0 Å². The van der Waals surface area contributed by atoms with Gasteiger partial charge in [-0.1, -0.05) is 38.0 Å². The van der Waals surface area contributed by atoms with E-state index in [1.165, 1.54) is 48.6 Å². The highest BCUT2D eigenvalue weighted by molar-refractivity contribution is 5.83. The summed E-state index contributed by atoms with van der Waals surface area (Å²) < 4.78 is 2.46. The molecule has 1 aliphatic carbocycles. The Hall–Kier alpha value is -1.28. The zero-order valence-electron chi connectivity index (χ0n) is 12.8. The molecule has 0 aliphatic heterocycles. The largest absolute Gasteiger partial charge is 0.347 e. The van der Waals surface area contributed by atoms with Crippen molar-refractivity contribution in [2.75, 3.05) is 7.05 Å². The fourth-order valence-electron chi connectivity index (χ4n) is 3.08. The number of aromatic nitrogens is 1. The van der Waals surface area contributed by atoms with E-state index in [9.17, 15) is 0 Å². The molecule has 0 spiro atoms. The molecule has 1 aromatic heterocycles. The molecule has 0 bridgehead atoms. The van der Waals surface area contributed by atoms with Crippen LogP contribution in [0.25, 0.3) is 10.9 Å². The summed E-state index contributed by atoms with van der Waals surface area (Å²) in [5.74, 6) is 0. The molecule has 0 unspecified atom stereocenters. The van der Waals surface area contributed by atoms with E-state index in [2.05, 4.69) is 53.9 Å². The minimum atomic E-state index is 0.831. The van der Waals surface area contributed by atoms with E-state index < -0.39 is 0 Å². The van der Waals surface area contributed by atoms with Crippen LogP contribution in [0.1, 0.15) is 44.6 Å². The quantitative estimate of drug-likeness (QED) is 0.676. The maximum atomic E-state index is 2.51. The summed E-state index contributed by atoms with van der Waals surface area (Å²) >= 11 is 0. The summed E-state index contributed by atoms with van der Waals surface area (Å²) in [6.07, 6.45) is 9.05. The van der Waals surface area contributed by atoms with E-state index >= 15 is 0 Å². The fraction of sp³-hybridized carbons (Fsp3) is 0.556. The lowest BCUT2D eigenvalue weighted by Crippen LogP contribution is -2.19. The van der Waals surface area contributed by atoms with Crippen LogP contribution in [-0.4, -0.2) is 22.6 Å². The van der Waals surface area contributed by atoms with Gasteiger partial charge >= 0.3 is 0 Å². The first-order valence-corrected chi connectivity index (χ1v) is 8.06. The van der Waals surface area contributed by atoms with Crippen molar-refractivity contribution < 1.29 is 0 Å². The van der Waals surface area contributed by atoms with E-state index in [1.54, 1.807) is 0 Å². The maximum Gasteiger partial charge on any atom is 0.0483 e. The van der Waals surface area contributed by atoms with Crippen LogP contribution in [0.15, 0.2) is 30.5 Å². The topological polar surface area (TPSA) is 8.17 Å². The van der Waals surface area contributed by atoms with Crippen molar-refractivity contribution in [1.82, 2.24) is 9.47 Å². The molecule has 1 aliphatic rings. The molecule has 0 atom stereocenters. The SMILES string of the molecule is CCCCCn1cc(CN(C)C2CC2)c2ccccc21. The zero-order chi connectivity index (χ0) is 13.9. The van der Waals surface area contributed by atoms with Crippen LogP contribution >= 0.6 is 0 Å². The van der Waals surface area contributed by atoms with Gasteiger partial charge in [-0.05, 0) is 37.9 Å². The average molecular weight is 270 g/mol. The van der Waals surface area contributed by atoms with E-state index in [1.807, 2.05) is 0 Å². The van der Waals surface area contributed by atoms with Crippen molar-refractivity contribution in [2.45, 2.75) is 58.2 Å². The van der Waals surface area contributed by atoms with Gasteiger partial charge in [-0.25, -0.2) is 0 Å². The third-order valence-electron chi connectivity index (χ3n) is 4.46. The van der Waals surface area contributed by atoms with Crippen LogP contribution in [-0.2, 0) is 13.1 Å². The zero-order valence-corrected chi connectivity index (χ0v) is 12.8. The Balaban J connectivity index is 1.83. The molecule has 1 fully saturated rings. The predicted molar refractivity (Wildman–Crippen MR) is 86.0 cm³/mol. The van der Waals surface area contributed by atoms with Crippen molar-refractivity contribution in [2.24, 2.45) is 0 Å². The maximum absolute atomic E-state index is 2.51. The Morgan fingerprint density at radius 2 is 2.00 bits per heavy atom. The number of unbranched alkanes of at least 4 members (excludes halogenated alkanes) is 2. The Bertz CT molecular complexity index is 566. The second-order valence-corrected chi connectivity index (χ2v) is 6.22. The number of aryl methyl sites for hydroxylation is 1. The highest BCUT2D eigenvalue weighted by Gasteiger charge is 2.26. The summed E-state index contributed by atoms with van der Waals surface area (Å²) in [7, 11) is 2.26. The first-order chi connectivity index (χ1) is 9.79. The molecule has 0 radical (unpaired) electrons. The molecule has 20 heavy (non-hydrogen) atoms. The molecular formula is C18H26N2. The van der Waals surface area contributed by atoms with Gasteiger partial charge in [-0.3, -0.25) is 4.90 Å². The predicted octanol–water partition coefficient (Wildman–Crippen LogP) is 4.43. The van der Waals surface area contributed by atoms with Crippen molar-refractivity contribution in [3.05, 3.63) is 36.0 Å². The highest BCUT2D eigenvalue weighted by Crippen LogP contribution is 2.29. The number of para-hydroxylation sites is 1. The van der Waals surface area contributed by atoms with Gasteiger partial charge < -0.3 is 4.57 Å². The standard InChI is InChI=1S/C18H26N2/c1-3-4-7-12-20-14-15(13-19(2)16-10-11-16)17-8-5-6-9-18(17)20/h5-6,8-9,14,16H,3-4,7,10-13H2,1-2H3. The minimum Gasteiger partial charge on any atom is -0.347 e. The van der Waals surface area contributed by atoms with Gasteiger partial charge in [0.25, 0.3) is 0 Å². The Morgan fingerprint density at radius 3 is 2.75 bits per heavy atom. The van der Waals surface area contributed by atoms with Gasteiger partial charge in [0.05, 0.1) is 0 Å². The van der Waals surface area contributed by atoms with E-state index in [-0.39, 0.29) is 0 Å². The lowest BCUT2D eigenvalue weighted by Gasteiger charge is -2.14. The fourth-order valence-corrected chi connectivity index (χ4v) is 3.08. The molecule has 2 aromatic rings. The molecule has 2 heteroatoms. The summed E-state index contributed by atoms with van der Waals surface area (Å²) in [4.78, 5) is 2.51. The number of rotatable bonds is 7. The summed E-state index contributed by atoms with van der Waals surface area (Å²) in [5.41, 5.74) is 2.90. The Labute approximate surface area is 122 Å². The van der Waals surface area contributed by atoms with Gasteiger partial charge in [0.15, 0.2) is 0 Å². The summed E-state index contributed by atoms with van der Waals surface area (Å²) in [5, 5.41) is 1.44. The number of hydrogen-bond donors (Lipinski definition) is 0. The van der Waals surface area contributed by atoms with E-state index in [0.29, 0.717) is 0 Å². The van der Waals surface area contributed by atoms with E-state index in [4.69, 9.17) is 0 Å².